The summed E-state index contributed by atoms with van der Waals surface area (Å²) in [5, 5.41) is 9.20. The van der Waals surface area contributed by atoms with Crippen LogP contribution in [0.25, 0.3) is 0 Å². The molecular formula is C15H29O5P2S+. The first-order valence-corrected chi connectivity index (χ1v) is 11.7. The Morgan fingerprint density at radius 1 is 1.00 bits per heavy atom. The van der Waals surface area contributed by atoms with Gasteiger partial charge < -0.3 is 14.9 Å². The van der Waals surface area contributed by atoms with Crippen molar-refractivity contribution < 1.29 is 24.0 Å². The van der Waals surface area contributed by atoms with E-state index in [0.717, 1.165) is 18.6 Å². The Morgan fingerprint density at radius 3 is 1.91 bits per heavy atom. The van der Waals surface area contributed by atoms with Gasteiger partial charge in [-0.15, -0.1) is 0 Å². The van der Waals surface area contributed by atoms with Crippen LogP contribution in [0.2, 0.25) is 0 Å². The Kier molecular flexibility index (Phi) is 13.5. The Bertz CT molecular complexity index is 429. The monoisotopic (exact) mass is 383 g/mol. The van der Waals surface area contributed by atoms with Crippen LogP contribution in [0.4, 0.5) is 0 Å². The van der Waals surface area contributed by atoms with Crippen molar-refractivity contribution in [1.82, 2.24) is 0 Å². The molecule has 0 spiro atoms. The molecule has 23 heavy (non-hydrogen) atoms. The summed E-state index contributed by atoms with van der Waals surface area (Å²) in [4.78, 5) is 17.8. The van der Waals surface area contributed by atoms with E-state index < -0.39 is 21.1 Å². The van der Waals surface area contributed by atoms with Gasteiger partial charge in [0.25, 0.3) is 0 Å². The SMILES string of the molecule is CCCCCCCCCCCCSC#CC(O)([PH+]=O)P(=O)(O)O. The molecular weight excluding hydrogens is 354 g/mol. The molecule has 0 amide bonds. The summed E-state index contributed by atoms with van der Waals surface area (Å²) in [6.45, 7) is 2.22. The molecule has 0 aliphatic carbocycles. The number of aliphatic hydroxyl groups is 1. The fraction of sp³-hybridized carbons (Fsp3) is 0.867. The van der Waals surface area contributed by atoms with Gasteiger partial charge in [-0.05, 0) is 11.7 Å². The largest absolute Gasteiger partial charge is 0.423 e. The summed E-state index contributed by atoms with van der Waals surface area (Å²) in [7, 11) is -6.48. The summed E-state index contributed by atoms with van der Waals surface area (Å²) in [5.41, 5.74) is 0. The van der Waals surface area contributed by atoms with Gasteiger partial charge in [-0.2, -0.15) is 0 Å². The highest BCUT2D eigenvalue weighted by atomic mass is 32.2. The average Bonchev–Trinajstić information content (AvgIpc) is 2.50. The molecule has 0 aromatic heterocycles. The Balaban J connectivity index is 3.63. The van der Waals surface area contributed by atoms with Gasteiger partial charge in [0.1, 0.15) is 0 Å². The lowest BCUT2D eigenvalue weighted by Gasteiger charge is -2.07. The van der Waals surface area contributed by atoms with Crippen molar-refractivity contribution in [1.29, 1.82) is 0 Å². The van der Waals surface area contributed by atoms with Crippen molar-refractivity contribution in [3.63, 3.8) is 0 Å². The van der Waals surface area contributed by atoms with Crippen LogP contribution in [0.3, 0.4) is 0 Å². The summed E-state index contributed by atoms with van der Waals surface area (Å²) in [6.07, 6.45) is 12.4. The summed E-state index contributed by atoms with van der Waals surface area (Å²) >= 11 is 1.19. The van der Waals surface area contributed by atoms with Crippen LogP contribution in [-0.2, 0) is 9.13 Å². The molecule has 2 atom stereocenters. The van der Waals surface area contributed by atoms with E-state index in [-0.39, 0.29) is 0 Å². The molecule has 3 N–H and O–H groups in total. The lowest BCUT2D eigenvalue weighted by atomic mass is 10.1. The number of hydrogen-bond donors (Lipinski definition) is 3. The van der Waals surface area contributed by atoms with Gasteiger partial charge in [-0.1, -0.05) is 81.0 Å². The lowest BCUT2D eigenvalue weighted by Crippen LogP contribution is -2.17. The molecule has 0 fully saturated rings. The molecule has 0 rings (SSSR count). The van der Waals surface area contributed by atoms with E-state index in [4.69, 9.17) is 9.79 Å². The van der Waals surface area contributed by atoms with Crippen molar-refractivity contribution in [2.45, 2.75) is 76.2 Å². The molecule has 0 saturated carbocycles. The fourth-order valence-corrected chi connectivity index (χ4v) is 3.61. The van der Waals surface area contributed by atoms with Crippen molar-refractivity contribution in [2.75, 3.05) is 5.75 Å². The van der Waals surface area contributed by atoms with E-state index in [2.05, 4.69) is 12.2 Å². The normalized spacial score (nSPS) is 14.3. The molecule has 0 heterocycles. The molecule has 134 valence electrons. The lowest BCUT2D eigenvalue weighted by molar-refractivity contribution is 0.214. The van der Waals surface area contributed by atoms with Crippen LogP contribution in [0.15, 0.2) is 0 Å². The van der Waals surface area contributed by atoms with Gasteiger partial charge in [0, 0.05) is 11.7 Å². The summed E-state index contributed by atoms with van der Waals surface area (Å²) < 4.78 is 21.7. The summed E-state index contributed by atoms with van der Waals surface area (Å²) in [6, 6.07) is 0. The quantitative estimate of drug-likeness (QED) is 0.247. The van der Waals surface area contributed by atoms with E-state index in [1.54, 1.807) is 0 Å². The van der Waals surface area contributed by atoms with E-state index in [0.29, 0.717) is 0 Å². The topological polar surface area (TPSA) is 94.8 Å². The second-order valence-electron chi connectivity index (χ2n) is 5.58. The number of unbranched alkanes of at least 4 members (excludes halogenated alkanes) is 9. The zero-order valence-corrected chi connectivity index (χ0v) is 16.5. The molecule has 2 unspecified atom stereocenters. The zero-order chi connectivity index (χ0) is 17.6. The van der Waals surface area contributed by atoms with E-state index in [1.807, 2.05) is 5.92 Å². The first-order valence-electron chi connectivity index (χ1n) is 8.18. The molecule has 0 aromatic carbocycles. The second-order valence-corrected chi connectivity index (χ2v) is 9.56. The van der Waals surface area contributed by atoms with Crippen molar-refractivity contribution >= 4 is 27.8 Å². The van der Waals surface area contributed by atoms with E-state index in [9.17, 15) is 14.2 Å². The van der Waals surface area contributed by atoms with Crippen LogP contribution in [0.1, 0.15) is 71.1 Å². The standard InChI is InChI=1S/C15H28O5P2S/c1-2-3-4-5-6-7-8-9-10-11-13-23-14-12-15(16,21-17)22(18,19)20/h16H,2-11,13H2,1H3,(H2,18,19,20)/p+1. The van der Waals surface area contributed by atoms with Crippen LogP contribution in [0, 0.1) is 11.2 Å². The molecule has 5 nitrogen and oxygen atoms in total. The van der Waals surface area contributed by atoms with Gasteiger partial charge in [0.15, 0.2) is 0 Å². The first-order chi connectivity index (χ1) is 10.9. The Labute approximate surface area is 145 Å². The van der Waals surface area contributed by atoms with Crippen LogP contribution in [0.5, 0.6) is 0 Å². The predicted molar refractivity (Wildman–Crippen MR) is 98.1 cm³/mol. The highest BCUT2D eigenvalue weighted by Crippen LogP contribution is 2.54. The van der Waals surface area contributed by atoms with Crippen molar-refractivity contribution in [3.8, 4) is 11.2 Å². The van der Waals surface area contributed by atoms with Crippen LogP contribution < -0.4 is 0 Å². The third kappa shape index (κ3) is 11.3. The Morgan fingerprint density at radius 2 is 1.48 bits per heavy atom. The molecule has 0 aliphatic heterocycles. The smallest absolute Gasteiger partial charge is 0.329 e. The highest BCUT2D eigenvalue weighted by molar-refractivity contribution is 8.03. The molecule has 0 radical (unpaired) electrons. The molecule has 0 saturated heterocycles. The molecule has 0 aromatic rings. The minimum atomic E-state index is -4.90. The predicted octanol–water partition coefficient (Wildman–Crippen LogP) is 4.45. The molecule has 0 bridgehead atoms. The van der Waals surface area contributed by atoms with E-state index >= 15 is 0 Å². The van der Waals surface area contributed by atoms with Gasteiger partial charge in [-0.3, -0.25) is 4.57 Å². The van der Waals surface area contributed by atoms with E-state index in [1.165, 1.54) is 63.1 Å². The van der Waals surface area contributed by atoms with Gasteiger partial charge in [0.2, 0.25) is 0 Å². The van der Waals surface area contributed by atoms with Crippen molar-refractivity contribution in [2.24, 2.45) is 0 Å². The summed E-state index contributed by atoms with van der Waals surface area (Å²) in [5.74, 6) is 2.77. The maximum Gasteiger partial charge on any atom is 0.423 e. The second kappa shape index (κ2) is 13.4. The minimum absolute atomic E-state index is 0.739. The number of hydrogen-bond acceptors (Lipinski definition) is 4. The maximum absolute atomic E-state index is 11.0. The highest BCUT2D eigenvalue weighted by Gasteiger charge is 2.53. The number of thioether (sulfide) groups is 1. The van der Waals surface area contributed by atoms with Crippen LogP contribution >= 0.6 is 27.8 Å². The maximum atomic E-state index is 11.0. The average molecular weight is 383 g/mol. The van der Waals surface area contributed by atoms with Gasteiger partial charge in [-0.25, -0.2) is 0 Å². The fourth-order valence-electron chi connectivity index (χ4n) is 1.98. The Hall–Kier alpha value is 0.120. The molecule has 8 heteroatoms. The van der Waals surface area contributed by atoms with Gasteiger partial charge >= 0.3 is 21.1 Å². The first kappa shape index (κ1) is 23.1. The third-order valence-electron chi connectivity index (χ3n) is 3.46. The molecule has 0 aliphatic rings. The zero-order valence-electron chi connectivity index (χ0n) is 13.8. The van der Waals surface area contributed by atoms with Gasteiger partial charge in [0.05, 0.1) is 0 Å². The number of rotatable bonds is 13. The van der Waals surface area contributed by atoms with Crippen molar-refractivity contribution in [3.05, 3.63) is 0 Å². The minimum Gasteiger partial charge on any atom is -0.329 e. The third-order valence-corrected chi connectivity index (χ3v) is 6.71. The van der Waals surface area contributed by atoms with Crippen LogP contribution in [-0.4, -0.2) is 25.7 Å².